The molecule has 0 amide bonds. The lowest BCUT2D eigenvalue weighted by atomic mass is 9.80. The van der Waals surface area contributed by atoms with E-state index in [0.717, 1.165) is 32.0 Å². The molecule has 0 aliphatic carbocycles. The molecule has 2 aliphatic heterocycles. The third-order valence-corrected chi connectivity index (χ3v) is 3.83. The van der Waals surface area contributed by atoms with E-state index >= 15 is 0 Å². The van der Waals surface area contributed by atoms with E-state index in [1.54, 1.807) is 0 Å². The minimum atomic E-state index is 0.0547. The van der Waals surface area contributed by atoms with Crippen molar-refractivity contribution in [2.45, 2.75) is 11.8 Å². The Balaban J connectivity index is 1.98. The van der Waals surface area contributed by atoms with Crippen molar-refractivity contribution in [2.75, 3.05) is 25.7 Å². The van der Waals surface area contributed by atoms with Gasteiger partial charge in [0, 0.05) is 12.3 Å². The molecular formula is C12H13ClO2. The van der Waals surface area contributed by atoms with Gasteiger partial charge in [0.05, 0.1) is 25.2 Å². The lowest BCUT2D eigenvalue weighted by Crippen LogP contribution is -2.48. The predicted molar refractivity (Wildman–Crippen MR) is 58.9 cm³/mol. The SMILES string of the molecule is ClCC1(c2ccc3c(c2)CCO3)COC1. The third kappa shape index (κ3) is 1.35. The first kappa shape index (κ1) is 9.49. The fourth-order valence-corrected chi connectivity index (χ4v) is 2.49. The van der Waals surface area contributed by atoms with Crippen molar-refractivity contribution in [2.24, 2.45) is 0 Å². The maximum absolute atomic E-state index is 6.03. The highest BCUT2D eigenvalue weighted by atomic mass is 35.5. The summed E-state index contributed by atoms with van der Waals surface area (Å²) in [7, 11) is 0. The highest BCUT2D eigenvalue weighted by molar-refractivity contribution is 6.18. The van der Waals surface area contributed by atoms with E-state index in [9.17, 15) is 0 Å². The van der Waals surface area contributed by atoms with Gasteiger partial charge in [0.1, 0.15) is 5.75 Å². The second kappa shape index (κ2) is 3.39. The van der Waals surface area contributed by atoms with E-state index in [1.807, 2.05) is 0 Å². The van der Waals surface area contributed by atoms with Gasteiger partial charge in [-0.3, -0.25) is 0 Å². The highest BCUT2D eigenvalue weighted by Gasteiger charge is 2.40. The first-order valence-electron chi connectivity index (χ1n) is 5.24. The zero-order valence-corrected chi connectivity index (χ0v) is 9.22. The van der Waals surface area contributed by atoms with Gasteiger partial charge < -0.3 is 9.47 Å². The number of ether oxygens (including phenoxy) is 2. The van der Waals surface area contributed by atoms with Crippen LogP contribution in [-0.2, 0) is 16.6 Å². The summed E-state index contributed by atoms with van der Waals surface area (Å²) >= 11 is 6.03. The quantitative estimate of drug-likeness (QED) is 0.717. The molecule has 2 heterocycles. The largest absolute Gasteiger partial charge is 0.493 e. The maximum Gasteiger partial charge on any atom is 0.122 e. The van der Waals surface area contributed by atoms with E-state index in [1.165, 1.54) is 11.1 Å². The van der Waals surface area contributed by atoms with Gasteiger partial charge in [-0.2, -0.15) is 0 Å². The van der Waals surface area contributed by atoms with Crippen molar-refractivity contribution in [3.8, 4) is 5.75 Å². The highest BCUT2D eigenvalue weighted by Crippen LogP contribution is 2.37. The molecule has 2 aliphatic rings. The second-order valence-corrected chi connectivity index (χ2v) is 4.59. The number of hydrogen-bond acceptors (Lipinski definition) is 2. The van der Waals surface area contributed by atoms with E-state index in [-0.39, 0.29) is 5.41 Å². The van der Waals surface area contributed by atoms with Crippen LogP contribution in [-0.4, -0.2) is 25.7 Å². The summed E-state index contributed by atoms with van der Waals surface area (Å²) in [4.78, 5) is 0. The van der Waals surface area contributed by atoms with Gasteiger partial charge in [-0.15, -0.1) is 11.6 Å². The van der Waals surface area contributed by atoms with Crippen LogP contribution in [0, 0.1) is 0 Å². The van der Waals surface area contributed by atoms with Crippen LogP contribution < -0.4 is 4.74 Å². The number of alkyl halides is 1. The van der Waals surface area contributed by atoms with Gasteiger partial charge in [0.25, 0.3) is 0 Å². The standard InChI is InChI=1S/C12H13ClO2/c13-6-12(7-14-8-12)10-1-2-11-9(5-10)3-4-15-11/h1-2,5H,3-4,6-8H2. The summed E-state index contributed by atoms with van der Waals surface area (Å²) < 4.78 is 10.8. The molecule has 0 N–H and O–H groups in total. The molecule has 80 valence electrons. The molecule has 0 bridgehead atoms. The number of benzene rings is 1. The van der Waals surface area contributed by atoms with Gasteiger partial charge in [-0.05, 0) is 17.2 Å². The molecule has 1 fully saturated rings. The molecule has 3 rings (SSSR count). The lowest BCUT2D eigenvalue weighted by molar-refractivity contribution is -0.0480. The average Bonchev–Trinajstić information content (AvgIpc) is 2.64. The van der Waals surface area contributed by atoms with Crippen LogP contribution in [0.15, 0.2) is 18.2 Å². The summed E-state index contributed by atoms with van der Waals surface area (Å²) in [5.41, 5.74) is 2.66. The molecule has 0 atom stereocenters. The van der Waals surface area contributed by atoms with E-state index in [2.05, 4.69) is 18.2 Å². The van der Waals surface area contributed by atoms with Crippen molar-refractivity contribution in [1.82, 2.24) is 0 Å². The monoisotopic (exact) mass is 224 g/mol. The predicted octanol–water partition coefficient (Wildman–Crippen LogP) is 2.13. The number of fused-ring (bicyclic) bond motifs is 1. The van der Waals surface area contributed by atoms with Gasteiger partial charge in [-0.25, -0.2) is 0 Å². The Hall–Kier alpha value is -0.730. The van der Waals surface area contributed by atoms with Gasteiger partial charge in [0.2, 0.25) is 0 Å². The summed E-state index contributed by atoms with van der Waals surface area (Å²) in [5, 5.41) is 0. The molecular weight excluding hydrogens is 212 g/mol. The first-order valence-corrected chi connectivity index (χ1v) is 5.77. The van der Waals surface area contributed by atoms with Crippen molar-refractivity contribution >= 4 is 11.6 Å². The molecule has 0 spiro atoms. The topological polar surface area (TPSA) is 18.5 Å². The van der Waals surface area contributed by atoms with Crippen molar-refractivity contribution < 1.29 is 9.47 Å². The normalized spacial score (nSPS) is 21.7. The van der Waals surface area contributed by atoms with Gasteiger partial charge >= 0.3 is 0 Å². The summed E-state index contributed by atoms with van der Waals surface area (Å²) in [6.45, 7) is 2.30. The molecule has 15 heavy (non-hydrogen) atoms. The molecule has 1 aromatic rings. The zero-order valence-electron chi connectivity index (χ0n) is 8.46. The number of hydrogen-bond donors (Lipinski definition) is 0. The smallest absolute Gasteiger partial charge is 0.122 e. The van der Waals surface area contributed by atoms with Crippen LogP contribution in [0.25, 0.3) is 0 Å². The molecule has 2 nitrogen and oxygen atoms in total. The molecule has 1 saturated heterocycles. The van der Waals surface area contributed by atoms with Crippen LogP contribution in [0.2, 0.25) is 0 Å². The van der Waals surface area contributed by atoms with Crippen molar-refractivity contribution in [3.05, 3.63) is 29.3 Å². The Morgan fingerprint density at radius 2 is 2.20 bits per heavy atom. The summed E-state index contributed by atoms with van der Waals surface area (Å²) in [5.74, 6) is 1.66. The molecule has 0 aromatic heterocycles. The van der Waals surface area contributed by atoms with Gasteiger partial charge in [0.15, 0.2) is 0 Å². The van der Waals surface area contributed by atoms with Crippen LogP contribution in [0.4, 0.5) is 0 Å². The minimum Gasteiger partial charge on any atom is -0.493 e. The summed E-state index contributed by atoms with van der Waals surface area (Å²) in [6, 6.07) is 6.41. The molecule has 0 saturated carbocycles. The molecule has 1 aromatic carbocycles. The summed E-state index contributed by atoms with van der Waals surface area (Å²) in [6.07, 6.45) is 1.02. The Labute approximate surface area is 94.1 Å². The molecule has 0 unspecified atom stereocenters. The fourth-order valence-electron chi connectivity index (χ4n) is 2.19. The zero-order chi connectivity index (χ0) is 10.3. The number of rotatable bonds is 2. The van der Waals surface area contributed by atoms with Crippen molar-refractivity contribution in [3.63, 3.8) is 0 Å². The number of halogens is 1. The fraction of sp³-hybridized carbons (Fsp3) is 0.500. The Kier molecular flexibility index (Phi) is 2.15. The Bertz CT molecular complexity index is 380. The van der Waals surface area contributed by atoms with Crippen LogP contribution in [0.3, 0.4) is 0 Å². The van der Waals surface area contributed by atoms with Crippen LogP contribution >= 0.6 is 11.6 Å². The van der Waals surface area contributed by atoms with E-state index in [4.69, 9.17) is 21.1 Å². The second-order valence-electron chi connectivity index (χ2n) is 4.33. The van der Waals surface area contributed by atoms with Crippen LogP contribution in [0.5, 0.6) is 5.75 Å². The van der Waals surface area contributed by atoms with Crippen LogP contribution in [0.1, 0.15) is 11.1 Å². The average molecular weight is 225 g/mol. The molecule has 3 heteroatoms. The maximum atomic E-state index is 6.03. The molecule has 0 radical (unpaired) electrons. The first-order chi connectivity index (χ1) is 7.34. The minimum absolute atomic E-state index is 0.0547. The Morgan fingerprint density at radius 1 is 1.33 bits per heavy atom. The third-order valence-electron chi connectivity index (χ3n) is 3.31. The Morgan fingerprint density at radius 3 is 2.87 bits per heavy atom. The van der Waals surface area contributed by atoms with Crippen molar-refractivity contribution in [1.29, 1.82) is 0 Å². The lowest BCUT2D eigenvalue weighted by Gasteiger charge is -2.40. The van der Waals surface area contributed by atoms with E-state index in [0.29, 0.717) is 5.88 Å². The van der Waals surface area contributed by atoms with E-state index < -0.39 is 0 Å². The van der Waals surface area contributed by atoms with Gasteiger partial charge in [-0.1, -0.05) is 12.1 Å².